The van der Waals surface area contributed by atoms with Crippen LogP contribution in [-0.4, -0.2) is 71.7 Å². The highest BCUT2D eigenvalue weighted by atomic mass is 16.2. The van der Waals surface area contributed by atoms with Crippen molar-refractivity contribution in [3.63, 3.8) is 0 Å². The minimum Gasteiger partial charge on any atom is -0.342 e. The third-order valence-corrected chi connectivity index (χ3v) is 8.15. The van der Waals surface area contributed by atoms with Crippen molar-refractivity contribution in [1.29, 1.82) is 0 Å². The molecule has 1 unspecified atom stereocenters. The largest absolute Gasteiger partial charge is 0.342 e. The summed E-state index contributed by atoms with van der Waals surface area (Å²) in [5.74, 6) is 0.360. The average molecular weight is 476 g/mol. The lowest BCUT2D eigenvalue weighted by Gasteiger charge is -2.38. The van der Waals surface area contributed by atoms with E-state index >= 15 is 0 Å². The van der Waals surface area contributed by atoms with Gasteiger partial charge >= 0.3 is 0 Å². The van der Waals surface area contributed by atoms with E-state index in [2.05, 4.69) is 4.90 Å². The van der Waals surface area contributed by atoms with Crippen LogP contribution in [0.5, 0.6) is 0 Å². The summed E-state index contributed by atoms with van der Waals surface area (Å²) in [5.41, 5.74) is 0.712. The quantitative estimate of drug-likeness (QED) is 0.664. The second kappa shape index (κ2) is 10.8. The Balaban J connectivity index is 1.18. The molecule has 3 aliphatic rings. The Labute approximate surface area is 208 Å². The fourth-order valence-corrected chi connectivity index (χ4v) is 6.10. The minimum atomic E-state index is -0.152. The summed E-state index contributed by atoms with van der Waals surface area (Å²) in [6.07, 6.45) is 7.84. The number of piperidine rings is 2. The zero-order chi connectivity index (χ0) is 24.2. The van der Waals surface area contributed by atoms with Gasteiger partial charge in [0.1, 0.15) is 0 Å². The lowest BCUT2D eigenvalue weighted by atomic mass is 9.91. The SMILES string of the molecule is O=C(c1cccc2ccccc12)N1CCCC(C(=O)N2CCC(C(=O)N3CCCCCC3)CC2)C1. The molecular weight excluding hydrogens is 438 g/mol. The molecule has 0 spiro atoms. The molecule has 0 aliphatic carbocycles. The number of carbonyl (C=O) groups excluding carboxylic acids is 3. The zero-order valence-corrected chi connectivity index (χ0v) is 20.7. The van der Waals surface area contributed by atoms with Crippen LogP contribution in [0, 0.1) is 11.8 Å². The molecule has 0 saturated carbocycles. The monoisotopic (exact) mass is 475 g/mol. The summed E-state index contributed by atoms with van der Waals surface area (Å²) in [7, 11) is 0. The molecule has 0 N–H and O–H groups in total. The summed E-state index contributed by atoms with van der Waals surface area (Å²) >= 11 is 0. The van der Waals surface area contributed by atoms with Gasteiger partial charge in [-0.05, 0) is 55.4 Å². The highest BCUT2D eigenvalue weighted by Crippen LogP contribution is 2.27. The first-order chi connectivity index (χ1) is 17.1. The van der Waals surface area contributed by atoms with Crippen molar-refractivity contribution in [2.45, 2.75) is 51.4 Å². The van der Waals surface area contributed by atoms with Crippen molar-refractivity contribution in [1.82, 2.24) is 14.7 Å². The maximum Gasteiger partial charge on any atom is 0.254 e. The van der Waals surface area contributed by atoms with Crippen molar-refractivity contribution in [3.8, 4) is 0 Å². The molecule has 3 aliphatic heterocycles. The van der Waals surface area contributed by atoms with Crippen molar-refractivity contribution in [2.75, 3.05) is 39.3 Å². The van der Waals surface area contributed by atoms with E-state index in [4.69, 9.17) is 0 Å². The predicted octanol–water partition coefficient (Wildman–Crippen LogP) is 4.33. The van der Waals surface area contributed by atoms with Crippen LogP contribution in [0.3, 0.4) is 0 Å². The molecule has 3 saturated heterocycles. The molecule has 6 nitrogen and oxygen atoms in total. The summed E-state index contributed by atoms with van der Waals surface area (Å²) in [6, 6.07) is 13.8. The Hall–Kier alpha value is -2.89. The molecule has 0 radical (unpaired) electrons. The summed E-state index contributed by atoms with van der Waals surface area (Å²) in [5, 5.41) is 2.02. The number of likely N-dealkylation sites (tertiary alicyclic amines) is 3. The first-order valence-electron chi connectivity index (χ1n) is 13.5. The first-order valence-corrected chi connectivity index (χ1v) is 13.5. The third kappa shape index (κ3) is 5.21. The molecule has 5 rings (SSSR count). The molecule has 3 amide bonds. The fraction of sp³-hybridized carbons (Fsp3) is 0.552. The Morgan fingerprint density at radius 3 is 2.00 bits per heavy atom. The first kappa shape index (κ1) is 23.8. The van der Waals surface area contributed by atoms with Crippen LogP contribution in [-0.2, 0) is 9.59 Å². The van der Waals surface area contributed by atoms with Gasteiger partial charge in [-0.15, -0.1) is 0 Å². The normalized spacial score (nSPS) is 22.2. The van der Waals surface area contributed by atoms with Crippen molar-refractivity contribution in [2.24, 2.45) is 11.8 Å². The molecule has 6 heteroatoms. The van der Waals surface area contributed by atoms with Gasteiger partial charge < -0.3 is 14.7 Å². The van der Waals surface area contributed by atoms with Crippen molar-refractivity contribution in [3.05, 3.63) is 48.0 Å². The average Bonchev–Trinajstić information content (AvgIpc) is 3.21. The van der Waals surface area contributed by atoms with Crippen LogP contribution < -0.4 is 0 Å². The van der Waals surface area contributed by atoms with Gasteiger partial charge in [-0.25, -0.2) is 0 Å². The highest BCUT2D eigenvalue weighted by Gasteiger charge is 2.35. The van der Waals surface area contributed by atoms with E-state index in [0.717, 1.165) is 62.4 Å². The van der Waals surface area contributed by atoms with Gasteiger partial charge in [0.25, 0.3) is 5.91 Å². The van der Waals surface area contributed by atoms with Crippen LogP contribution in [0.1, 0.15) is 61.7 Å². The number of hydrogen-bond donors (Lipinski definition) is 0. The Morgan fingerprint density at radius 2 is 1.23 bits per heavy atom. The smallest absolute Gasteiger partial charge is 0.254 e. The second-order valence-electron chi connectivity index (χ2n) is 10.5. The van der Waals surface area contributed by atoms with E-state index in [1.165, 1.54) is 12.8 Å². The molecule has 2 aromatic rings. The Morgan fingerprint density at radius 1 is 0.600 bits per heavy atom. The minimum absolute atomic E-state index is 0.0149. The number of amides is 3. The molecule has 1 atom stereocenters. The maximum atomic E-state index is 13.4. The summed E-state index contributed by atoms with van der Waals surface area (Å²) in [6.45, 7) is 4.25. The number of benzene rings is 2. The molecule has 186 valence electrons. The van der Waals surface area contributed by atoms with E-state index < -0.39 is 0 Å². The van der Waals surface area contributed by atoms with Crippen molar-refractivity contribution >= 4 is 28.5 Å². The van der Waals surface area contributed by atoms with Crippen LogP contribution in [0.2, 0.25) is 0 Å². The highest BCUT2D eigenvalue weighted by molar-refractivity contribution is 6.07. The number of rotatable bonds is 3. The molecule has 35 heavy (non-hydrogen) atoms. The van der Waals surface area contributed by atoms with Gasteiger partial charge in [-0.1, -0.05) is 49.2 Å². The predicted molar refractivity (Wildman–Crippen MR) is 137 cm³/mol. The Kier molecular flexibility index (Phi) is 7.35. The van der Waals surface area contributed by atoms with Crippen LogP contribution in [0.25, 0.3) is 10.8 Å². The molecular formula is C29H37N3O3. The van der Waals surface area contributed by atoms with Gasteiger partial charge in [0, 0.05) is 50.7 Å². The van der Waals surface area contributed by atoms with Crippen LogP contribution in [0.4, 0.5) is 0 Å². The van der Waals surface area contributed by atoms with Gasteiger partial charge in [-0.3, -0.25) is 14.4 Å². The van der Waals surface area contributed by atoms with E-state index in [0.29, 0.717) is 37.6 Å². The van der Waals surface area contributed by atoms with E-state index in [1.807, 2.05) is 52.3 Å². The zero-order valence-electron chi connectivity index (χ0n) is 20.7. The molecule has 2 aromatic carbocycles. The summed E-state index contributed by atoms with van der Waals surface area (Å²) in [4.78, 5) is 45.7. The molecule has 0 bridgehead atoms. The Bertz CT molecular complexity index is 1060. The maximum absolute atomic E-state index is 13.4. The number of hydrogen-bond acceptors (Lipinski definition) is 3. The number of carbonyl (C=O) groups is 3. The van der Waals surface area contributed by atoms with Gasteiger partial charge in [-0.2, -0.15) is 0 Å². The number of nitrogens with zero attached hydrogens (tertiary/aromatic N) is 3. The van der Waals surface area contributed by atoms with E-state index in [1.54, 1.807) is 0 Å². The summed E-state index contributed by atoms with van der Waals surface area (Å²) < 4.78 is 0. The van der Waals surface area contributed by atoms with Crippen LogP contribution >= 0.6 is 0 Å². The topological polar surface area (TPSA) is 60.9 Å². The lowest BCUT2D eigenvalue weighted by molar-refractivity contribution is -0.143. The third-order valence-electron chi connectivity index (χ3n) is 8.15. The molecule has 0 aromatic heterocycles. The van der Waals surface area contributed by atoms with Crippen molar-refractivity contribution < 1.29 is 14.4 Å². The van der Waals surface area contributed by atoms with Gasteiger partial charge in [0.05, 0.1) is 5.92 Å². The van der Waals surface area contributed by atoms with E-state index in [9.17, 15) is 14.4 Å². The lowest BCUT2D eigenvalue weighted by Crippen LogP contribution is -2.50. The second-order valence-corrected chi connectivity index (χ2v) is 10.5. The van der Waals surface area contributed by atoms with E-state index in [-0.39, 0.29) is 23.7 Å². The van der Waals surface area contributed by atoms with Crippen LogP contribution in [0.15, 0.2) is 42.5 Å². The van der Waals surface area contributed by atoms with Gasteiger partial charge in [0.2, 0.25) is 11.8 Å². The fourth-order valence-electron chi connectivity index (χ4n) is 6.10. The standard InChI is InChI=1S/C29H37N3O3/c33-27(30-16-5-1-2-6-17-30)23-14-19-31(20-15-23)28(34)24-11-8-18-32(21-24)29(35)26-13-7-10-22-9-3-4-12-25(22)26/h3-4,7,9-10,12-13,23-24H,1-2,5-6,8,11,14-21H2. The van der Waals surface area contributed by atoms with Gasteiger partial charge in [0.15, 0.2) is 0 Å². The molecule has 3 heterocycles. The molecule has 3 fully saturated rings. The number of fused-ring (bicyclic) bond motifs is 1.